The fraction of sp³-hybridized carbons (Fsp3) is 0.286. The molecule has 0 amide bonds. The fourth-order valence-electron chi connectivity index (χ4n) is 1.24. The zero-order chi connectivity index (χ0) is 12.9. The molecule has 0 aromatic heterocycles. The Hall–Kier alpha value is -2.08. The van der Waals surface area contributed by atoms with E-state index in [2.05, 4.69) is 6.07 Å². The van der Waals surface area contributed by atoms with E-state index in [9.17, 15) is 4.79 Å². The monoisotopic (exact) mass is 229 g/mol. The van der Waals surface area contributed by atoms with Crippen LogP contribution in [0.5, 0.6) is 0 Å². The number of hydrogen-bond donors (Lipinski definition) is 0. The van der Waals surface area contributed by atoms with E-state index < -0.39 is 11.6 Å². The second kappa shape index (κ2) is 5.31. The standard InChI is InChI=1S/C14H15NO2/c1-14(2,3)17-13(16)9-8-11-6-4-5-7-12(11)10-15/h4-9H,1-3H3/b9-8+. The van der Waals surface area contributed by atoms with Crippen molar-refractivity contribution in [1.29, 1.82) is 5.26 Å². The maximum atomic E-state index is 11.4. The molecule has 0 saturated heterocycles. The first-order chi connectivity index (χ1) is 7.92. The lowest BCUT2D eigenvalue weighted by atomic mass is 10.1. The minimum Gasteiger partial charge on any atom is -0.457 e. The summed E-state index contributed by atoms with van der Waals surface area (Å²) >= 11 is 0. The summed E-state index contributed by atoms with van der Waals surface area (Å²) in [6.07, 6.45) is 2.92. The van der Waals surface area contributed by atoms with Crippen molar-refractivity contribution in [3.05, 3.63) is 41.5 Å². The molecular weight excluding hydrogens is 214 g/mol. The van der Waals surface area contributed by atoms with Gasteiger partial charge in [0.05, 0.1) is 11.6 Å². The van der Waals surface area contributed by atoms with Gasteiger partial charge in [0.1, 0.15) is 5.60 Å². The number of carbonyl (C=O) groups is 1. The molecule has 0 atom stereocenters. The van der Waals surface area contributed by atoms with E-state index in [4.69, 9.17) is 10.00 Å². The summed E-state index contributed by atoms with van der Waals surface area (Å²) in [5.41, 5.74) is 0.740. The van der Waals surface area contributed by atoms with Gasteiger partial charge in [-0.15, -0.1) is 0 Å². The van der Waals surface area contributed by atoms with Crippen LogP contribution in [0.3, 0.4) is 0 Å². The first kappa shape index (κ1) is 13.0. The molecule has 0 aliphatic rings. The number of ether oxygens (including phenoxy) is 1. The lowest BCUT2D eigenvalue weighted by molar-refractivity contribution is -0.148. The Morgan fingerprint density at radius 1 is 1.35 bits per heavy atom. The van der Waals surface area contributed by atoms with Gasteiger partial charge >= 0.3 is 5.97 Å². The summed E-state index contributed by atoms with van der Waals surface area (Å²) < 4.78 is 5.12. The van der Waals surface area contributed by atoms with Crippen molar-refractivity contribution >= 4 is 12.0 Å². The lowest BCUT2D eigenvalue weighted by Crippen LogP contribution is -2.22. The van der Waals surface area contributed by atoms with E-state index in [1.165, 1.54) is 6.08 Å². The van der Waals surface area contributed by atoms with Gasteiger partial charge in [0.15, 0.2) is 0 Å². The summed E-state index contributed by atoms with van der Waals surface area (Å²) in [6, 6.07) is 9.14. The minimum absolute atomic E-state index is 0.412. The predicted molar refractivity (Wildman–Crippen MR) is 66.0 cm³/mol. The molecule has 0 unspecified atom stereocenters. The van der Waals surface area contributed by atoms with Crippen molar-refractivity contribution in [2.75, 3.05) is 0 Å². The molecule has 0 heterocycles. The summed E-state index contributed by atoms with van der Waals surface area (Å²) in [6.45, 7) is 5.42. The van der Waals surface area contributed by atoms with Crippen LogP contribution in [0, 0.1) is 11.3 Å². The average molecular weight is 229 g/mol. The average Bonchev–Trinajstić information content (AvgIpc) is 2.24. The van der Waals surface area contributed by atoms with Gasteiger partial charge < -0.3 is 4.74 Å². The van der Waals surface area contributed by atoms with E-state index in [0.29, 0.717) is 11.1 Å². The van der Waals surface area contributed by atoms with Crippen LogP contribution in [0.1, 0.15) is 31.9 Å². The lowest BCUT2D eigenvalue weighted by Gasteiger charge is -2.17. The highest BCUT2D eigenvalue weighted by Crippen LogP contribution is 2.11. The second-order valence-electron chi connectivity index (χ2n) is 4.57. The van der Waals surface area contributed by atoms with Crippen molar-refractivity contribution < 1.29 is 9.53 Å². The third-order valence-corrected chi connectivity index (χ3v) is 1.89. The van der Waals surface area contributed by atoms with Crippen molar-refractivity contribution in [1.82, 2.24) is 0 Å². The molecule has 0 bridgehead atoms. The molecule has 88 valence electrons. The molecule has 1 rings (SSSR count). The van der Waals surface area contributed by atoms with Crippen LogP contribution in [0.15, 0.2) is 30.3 Å². The third-order valence-electron chi connectivity index (χ3n) is 1.89. The van der Waals surface area contributed by atoms with Gasteiger partial charge in [-0.2, -0.15) is 5.26 Å². The van der Waals surface area contributed by atoms with Gasteiger partial charge in [0, 0.05) is 6.08 Å². The highest BCUT2D eigenvalue weighted by atomic mass is 16.6. The Labute approximate surface area is 101 Å². The van der Waals surface area contributed by atoms with Gasteiger partial charge in [-0.05, 0) is 38.5 Å². The molecule has 3 nitrogen and oxygen atoms in total. The van der Waals surface area contributed by atoms with Gasteiger partial charge in [-0.1, -0.05) is 18.2 Å². The van der Waals surface area contributed by atoms with Gasteiger partial charge in [0.25, 0.3) is 0 Å². The van der Waals surface area contributed by atoms with Crippen molar-refractivity contribution in [3.8, 4) is 6.07 Å². The van der Waals surface area contributed by atoms with E-state index in [-0.39, 0.29) is 0 Å². The summed E-state index contributed by atoms with van der Waals surface area (Å²) in [4.78, 5) is 11.4. The van der Waals surface area contributed by atoms with E-state index >= 15 is 0 Å². The number of carbonyl (C=O) groups excluding carboxylic acids is 1. The normalized spacial score (nSPS) is 11.2. The number of hydrogen-bond acceptors (Lipinski definition) is 3. The maximum absolute atomic E-state index is 11.4. The number of benzene rings is 1. The van der Waals surface area contributed by atoms with Gasteiger partial charge in [-0.3, -0.25) is 0 Å². The Bertz CT molecular complexity index is 476. The molecule has 3 heteroatoms. The van der Waals surface area contributed by atoms with Crippen molar-refractivity contribution in [3.63, 3.8) is 0 Å². The van der Waals surface area contributed by atoms with Crippen molar-refractivity contribution in [2.24, 2.45) is 0 Å². The summed E-state index contributed by atoms with van der Waals surface area (Å²) in [5.74, 6) is -0.412. The van der Waals surface area contributed by atoms with Crippen LogP contribution in [0.25, 0.3) is 6.08 Å². The topological polar surface area (TPSA) is 50.1 Å². The van der Waals surface area contributed by atoms with Crippen LogP contribution in [-0.4, -0.2) is 11.6 Å². The number of nitriles is 1. The molecule has 0 aliphatic heterocycles. The number of rotatable bonds is 2. The van der Waals surface area contributed by atoms with Crippen LogP contribution in [-0.2, 0) is 9.53 Å². The molecule has 0 fully saturated rings. The third kappa shape index (κ3) is 4.52. The van der Waals surface area contributed by atoms with Crippen LogP contribution in [0.2, 0.25) is 0 Å². The first-order valence-corrected chi connectivity index (χ1v) is 5.32. The molecule has 1 aromatic rings. The molecule has 0 radical (unpaired) electrons. The van der Waals surface area contributed by atoms with Gasteiger partial charge in [-0.25, -0.2) is 4.79 Å². The zero-order valence-corrected chi connectivity index (χ0v) is 10.2. The minimum atomic E-state index is -0.504. The summed E-state index contributed by atoms with van der Waals surface area (Å²) in [7, 11) is 0. The highest BCUT2D eigenvalue weighted by molar-refractivity contribution is 5.87. The smallest absolute Gasteiger partial charge is 0.331 e. The number of esters is 1. The van der Waals surface area contributed by atoms with E-state index in [1.54, 1.807) is 24.3 Å². The van der Waals surface area contributed by atoms with Crippen molar-refractivity contribution in [2.45, 2.75) is 26.4 Å². The Morgan fingerprint density at radius 2 is 2.00 bits per heavy atom. The van der Waals surface area contributed by atoms with E-state index in [1.807, 2.05) is 26.8 Å². The maximum Gasteiger partial charge on any atom is 0.331 e. The van der Waals surface area contributed by atoms with Crippen LogP contribution >= 0.6 is 0 Å². The van der Waals surface area contributed by atoms with E-state index in [0.717, 1.165) is 0 Å². The fourth-order valence-corrected chi connectivity index (χ4v) is 1.24. The van der Waals surface area contributed by atoms with Crippen LogP contribution < -0.4 is 0 Å². The number of nitrogens with zero attached hydrogens (tertiary/aromatic N) is 1. The largest absolute Gasteiger partial charge is 0.457 e. The zero-order valence-electron chi connectivity index (χ0n) is 10.2. The Balaban J connectivity index is 2.78. The molecule has 0 aliphatic carbocycles. The second-order valence-corrected chi connectivity index (χ2v) is 4.57. The SMILES string of the molecule is CC(C)(C)OC(=O)/C=C/c1ccccc1C#N. The molecule has 0 saturated carbocycles. The molecule has 0 N–H and O–H groups in total. The van der Waals surface area contributed by atoms with Crippen LogP contribution in [0.4, 0.5) is 0 Å². The summed E-state index contributed by atoms with van der Waals surface area (Å²) in [5, 5.41) is 8.87. The first-order valence-electron chi connectivity index (χ1n) is 5.32. The quantitative estimate of drug-likeness (QED) is 0.578. The molecule has 1 aromatic carbocycles. The Morgan fingerprint density at radius 3 is 2.59 bits per heavy atom. The Kier molecular flexibility index (Phi) is 4.06. The molecule has 0 spiro atoms. The van der Waals surface area contributed by atoms with Gasteiger partial charge in [0.2, 0.25) is 0 Å². The molecule has 17 heavy (non-hydrogen) atoms. The predicted octanol–water partition coefficient (Wildman–Crippen LogP) is 2.91. The highest BCUT2D eigenvalue weighted by Gasteiger charge is 2.13. The molecular formula is C14H15NO2.